The fraction of sp³-hybridized carbons (Fsp3) is 1.00. The number of aliphatic hydroxyl groups is 2. The van der Waals surface area contributed by atoms with Gasteiger partial charge in [-0.1, -0.05) is 0 Å². The largest absolute Gasteiger partial charge is 0.388 e. The molecule has 1 saturated heterocycles. The molecule has 5 heteroatoms. The third-order valence-corrected chi connectivity index (χ3v) is 2.89. The lowest BCUT2D eigenvalue weighted by Crippen LogP contribution is -2.31. The van der Waals surface area contributed by atoms with Gasteiger partial charge in [0.2, 0.25) is 0 Å². The maximum absolute atomic E-state index is 9.34. The van der Waals surface area contributed by atoms with Gasteiger partial charge in [0.15, 0.2) is 0 Å². The van der Waals surface area contributed by atoms with Crippen molar-refractivity contribution in [2.24, 2.45) is 5.73 Å². The molecule has 0 unspecified atom stereocenters. The van der Waals surface area contributed by atoms with Gasteiger partial charge in [0, 0.05) is 18.1 Å². The second-order valence-electron chi connectivity index (χ2n) is 2.79. The molecule has 72 valence electrons. The van der Waals surface area contributed by atoms with Crippen LogP contribution in [0.2, 0.25) is 0 Å². The van der Waals surface area contributed by atoms with E-state index in [0.717, 1.165) is 5.75 Å². The van der Waals surface area contributed by atoms with Crippen LogP contribution in [0.4, 0.5) is 0 Å². The molecule has 0 aromatic carbocycles. The molecule has 0 saturated carbocycles. The molecule has 1 heterocycles. The molecule has 1 aliphatic rings. The van der Waals surface area contributed by atoms with Crippen molar-refractivity contribution in [3.63, 3.8) is 0 Å². The Kier molecular flexibility index (Phi) is 4.31. The number of nitrogens with two attached hydrogens (primary N) is 1. The second kappa shape index (κ2) is 5.04. The summed E-state index contributed by atoms with van der Waals surface area (Å²) in [5.74, 6) is 1.57. The fourth-order valence-corrected chi connectivity index (χ4v) is 1.96. The zero-order chi connectivity index (χ0) is 8.97. The topological polar surface area (TPSA) is 75.7 Å². The normalized spacial score (nSPS) is 35.8. The second-order valence-corrected chi connectivity index (χ2v) is 3.94. The first-order valence-electron chi connectivity index (χ1n) is 4.01. The summed E-state index contributed by atoms with van der Waals surface area (Å²) in [5.41, 5.74) is 5.30. The van der Waals surface area contributed by atoms with E-state index in [2.05, 4.69) is 0 Å². The Morgan fingerprint density at radius 1 is 1.50 bits per heavy atom. The molecular formula is C7H15NO3S. The van der Waals surface area contributed by atoms with Crippen molar-refractivity contribution in [1.29, 1.82) is 0 Å². The predicted molar refractivity (Wildman–Crippen MR) is 48.1 cm³/mol. The Morgan fingerprint density at radius 3 is 2.75 bits per heavy atom. The summed E-state index contributed by atoms with van der Waals surface area (Å²) in [6, 6.07) is 0. The molecule has 4 nitrogen and oxygen atoms in total. The lowest BCUT2D eigenvalue weighted by molar-refractivity contribution is 0.0337. The Morgan fingerprint density at radius 2 is 2.25 bits per heavy atom. The molecule has 0 amide bonds. The molecule has 1 aliphatic heterocycles. The third-order valence-electron chi connectivity index (χ3n) is 1.80. The summed E-state index contributed by atoms with van der Waals surface area (Å²) in [6.45, 7) is 0.880. The number of hydrogen-bond acceptors (Lipinski definition) is 5. The van der Waals surface area contributed by atoms with E-state index < -0.39 is 12.2 Å². The molecule has 0 aromatic rings. The molecule has 0 aromatic heterocycles. The van der Waals surface area contributed by atoms with E-state index in [4.69, 9.17) is 15.6 Å². The standard InChI is InChI=1S/C7H15NO3S/c8-1-2-12-4-6-7(10)5(9)3-11-6/h5-7,9-10H,1-4,8H2/t5-,6+,7-/m1/s1. The first-order valence-corrected chi connectivity index (χ1v) is 5.16. The van der Waals surface area contributed by atoms with Gasteiger partial charge in [0.25, 0.3) is 0 Å². The molecular weight excluding hydrogens is 178 g/mol. The molecule has 0 aliphatic carbocycles. The highest BCUT2D eigenvalue weighted by Gasteiger charge is 2.33. The maximum Gasteiger partial charge on any atom is 0.109 e. The first kappa shape index (κ1) is 10.3. The van der Waals surface area contributed by atoms with Gasteiger partial charge in [-0.05, 0) is 0 Å². The smallest absolute Gasteiger partial charge is 0.109 e. The highest BCUT2D eigenvalue weighted by molar-refractivity contribution is 7.99. The number of thioether (sulfide) groups is 1. The Labute approximate surface area is 76.1 Å². The van der Waals surface area contributed by atoms with Crippen molar-refractivity contribution in [2.45, 2.75) is 18.3 Å². The van der Waals surface area contributed by atoms with Gasteiger partial charge in [-0.15, -0.1) is 0 Å². The minimum Gasteiger partial charge on any atom is -0.388 e. The number of ether oxygens (including phenoxy) is 1. The summed E-state index contributed by atoms with van der Waals surface area (Å²) in [5, 5.41) is 18.5. The van der Waals surface area contributed by atoms with E-state index in [9.17, 15) is 5.11 Å². The monoisotopic (exact) mass is 193 g/mol. The fourth-order valence-electron chi connectivity index (χ4n) is 1.10. The summed E-state index contributed by atoms with van der Waals surface area (Å²) in [6.07, 6.45) is -1.67. The van der Waals surface area contributed by atoms with E-state index >= 15 is 0 Å². The zero-order valence-corrected chi connectivity index (χ0v) is 7.67. The van der Waals surface area contributed by atoms with Gasteiger partial charge in [0.05, 0.1) is 12.7 Å². The van der Waals surface area contributed by atoms with Crippen LogP contribution in [0.3, 0.4) is 0 Å². The lowest BCUT2D eigenvalue weighted by atomic mass is 10.2. The van der Waals surface area contributed by atoms with E-state index in [1.807, 2.05) is 0 Å². The molecule has 0 radical (unpaired) electrons. The third kappa shape index (κ3) is 2.60. The molecule has 0 spiro atoms. The van der Waals surface area contributed by atoms with Gasteiger partial charge in [-0.2, -0.15) is 11.8 Å². The van der Waals surface area contributed by atoms with Crippen molar-refractivity contribution in [2.75, 3.05) is 24.7 Å². The number of hydrogen-bond donors (Lipinski definition) is 3. The van der Waals surface area contributed by atoms with Crippen LogP contribution < -0.4 is 5.73 Å². The minimum atomic E-state index is -0.727. The van der Waals surface area contributed by atoms with Gasteiger partial charge >= 0.3 is 0 Å². The molecule has 0 bridgehead atoms. The van der Waals surface area contributed by atoms with Crippen LogP contribution in [0.1, 0.15) is 0 Å². The van der Waals surface area contributed by atoms with Crippen LogP contribution in [0.5, 0.6) is 0 Å². The highest BCUT2D eigenvalue weighted by atomic mass is 32.2. The van der Waals surface area contributed by atoms with Crippen molar-refractivity contribution < 1.29 is 14.9 Å². The van der Waals surface area contributed by atoms with E-state index in [-0.39, 0.29) is 12.7 Å². The molecule has 1 rings (SSSR count). The molecule has 1 fully saturated rings. The highest BCUT2D eigenvalue weighted by Crippen LogP contribution is 2.18. The number of rotatable bonds is 4. The van der Waals surface area contributed by atoms with Crippen LogP contribution in [-0.2, 0) is 4.74 Å². The molecule has 3 atom stereocenters. The molecule has 4 N–H and O–H groups in total. The van der Waals surface area contributed by atoms with Gasteiger partial charge in [-0.3, -0.25) is 0 Å². The zero-order valence-electron chi connectivity index (χ0n) is 6.85. The number of aliphatic hydroxyl groups excluding tert-OH is 2. The Balaban J connectivity index is 2.16. The van der Waals surface area contributed by atoms with Crippen molar-refractivity contribution in [3.8, 4) is 0 Å². The average Bonchev–Trinajstić information content (AvgIpc) is 2.36. The van der Waals surface area contributed by atoms with Crippen LogP contribution in [-0.4, -0.2) is 53.2 Å². The first-order chi connectivity index (χ1) is 5.75. The molecule has 12 heavy (non-hydrogen) atoms. The average molecular weight is 193 g/mol. The SMILES string of the molecule is NCCSC[C@@H]1OC[C@@H](O)[C@H]1O. The van der Waals surface area contributed by atoms with E-state index in [1.54, 1.807) is 11.8 Å². The van der Waals surface area contributed by atoms with Gasteiger partial charge in [0.1, 0.15) is 12.2 Å². The Hall–Kier alpha value is 0.190. The van der Waals surface area contributed by atoms with Gasteiger partial charge < -0.3 is 20.7 Å². The van der Waals surface area contributed by atoms with Crippen molar-refractivity contribution >= 4 is 11.8 Å². The van der Waals surface area contributed by atoms with Crippen molar-refractivity contribution in [1.82, 2.24) is 0 Å². The maximum atomic E-state index is 9.34. The van der Waals surface area contributed by atoms with Crippen LogP contribution in [0.25, 0.3) is 0 Å². The summed E-state index contributed by atoms with van der Waals surface area (Å²) >= 11 is 1.64. The summed E-state index contributed by atoms with van der Waals surface area (Å²) < 4.78 is 5.16. The summed E-state index contributed by atoms with van der Waals surface area (Å²) in [7, 11) is 0. The summed E-state index contributed by atoms with van der Waals surface area (Å²) in [4.78, 5) is 0. The van der Waals surface area contributed by atoms with Crippen LogP contribution in [0, 0.1) is 0 Å². The van der Waals surface area contributed by atoms with Crippen LogP contribution >= 0.6 is 11.8 Å². The van der Waals surface area contributed by atoms with E-state index in [1.165, 1.54) is 0 Å². The van der Waals surface area contributed by atoms with Crippen LogP contribution in [0.15, 0.2) is 0 Å². The quantitative estimate of drug-likeness (QED) is 0.489. The van der Waals surface area contributed by atoms with Gasteiger partial charge in [-0.25, -0.2) is 0 Å². The van der Waals surface area contributed by atoms with Crippen molar-refractivity contribution in [3.05, 3.63) is 0 Å². The van der Waals surface area contributed by atoms with E-state index in [0.29, 0.717) is 12.3 Å². The Bertz CT molecular complexity index is 136. The minimum absolute atomic E-state index is 0.225. The predicted octanol–water partition coefficient (Wildman–Crippen LogP) is -1.20. The lowest BCUT2D eigenvalue weighted by Gasteiger charge is -2.13.